The Hall–Kier alpha value is -0.830. The zero-order valence-corrected chi connectivity index (χ0v) is 21.5. The molecule has 0 radical (unpaired) electrons. The summed E-state index contributed by atoms with van der Waals surface area (Å²) >= 11 is 0. The number of hydrogen-bond donors (Lipinski definition) is 1. The highest BCUT2D eigenvalue weighted by molar-refractivity contribution is 5.66. The molecule has 4 aliphatic rings. The van der Waals surface area contributed by atoms with Crippen molar-refractivity contribution in [1.29, 1.82) is 0 Å². The van der Waals surface area contributed by atoms with Crippen LogP contribution < -0.4 is 5.73 Å². The number of nitrogens with two attached hydrogens (primary N) is 1. The molecule has 0 aromatic carbocycles. The molecule has 3 fully saturated rings. The maximum atomic E-state index is 11.8. The number of rotatable bonds is 7. The number of hydrogen-bond acceptors (Lipinski definition) is 3. The van der Waals surface area contributed by atoms with E-state index >= 15 is 0 Å². The number of esters is 1. The maximum absolute atomic E-state index is 11.8. The lowest BCUT2D eigenvalue weighted by Gasteiger charge is -2.59. The lowest BCUT2D eigenvalue weighted by molar-refractivity contribution is -0.149. The van der Waals surface area contributed by atoms with Crippen LogP contribution in [-0.4, -0.2) is 18.6 Å². The third-order valence-corrected chi connectivity index (χ3v) is 10.6. The van der Waals surface area contributed by atoms with Crippen molar-refractivity contribution in [2.45, 2.75) is 111 Å². The van der Waals surface area contributed by atoms with Crippen molar-refractivity contribution < 1.29 is 9.53 Å². The molecule has 2 N–H and O–H groups in total. The lowest BCUT2D eigenvalue weighted by atomic mass is 9.46. The predicted molar refractivity (Wildman–Crippen MR) is 132 cm³/mol. The van der Waals surface area contributed by atoms with E-state index < -0.39 is 0 Å². The first-order chi connectivity index (χ1) is 15.2. The Balaban J connectivity index is 1.54. The summed E-state index contributed by atoms with van der Waals surface area (Å²) in [5.74, 6) is 4.68. The van der Waals surface area contributed by atoms with Gasteiger partial charge in [0, 0.05) is 18.4 Å². The van der Waals surface area contributed by atoms with Crippen molar-refractivity contribution in [2.75, 3.05) is 6.61 Å². The standard InChI is InChI=1S/C29H49NO2/c1-19(2)7-6-8-20(3)25-11-12-26-24-10-9-22-17-23(30)13-16-29(22,18-32-21(4)31)27(24)14-15-28(25,26)5/h9,19-20,23-27H,6-8,10-18,30H2,1-5H3/t20-,23-,24+,25-,26+,27+,28-,29-/m1/s1. The van der Waals surface area contributed by atoms with Gasteiger partial charge in [-0.05, 0) is 92.3 Å². The van der Waals surface area contributed by atoms with Crippen LogP contribution in [0.4, 0.5) is 0 Å². The Kier molecular flexibility index (Phi) is 7.16. The molecule has 0 aliphatic heterocycles. The first-order valence-corrected chi connectivity index (χ1v) is 13.8. The molecule has 0 amide bonds. The molecule has 182 valence electrons. The number of carbonyl (C=O) groups is 1. The second kappa shape index (κ2) is 9.43. The normalized spacial score (nSPS) is 42.0. The van der Waals surface area contributed by atoms with Crippen molar-refractivity contribution in [3.63, 3.8) is 0 Å². The highest BCUT2D eigenvalue weighted by atomic mass is 16.5. The Labute approximate surface area is 197 Å². The Morgan fingerprint density at radius 2 is 1.91 bits per heavy atom. The van der Waals surface area contributed by atoms with Crippen LogP contribution in [0.2, 0.25) is 0 Å². The smallest absolute Gasteiger partial charge is 0.302 e. The fraction of sp³-hybridized carbons (Fsp3) is 0.897. The van der Waals surface area contributed by atoms with Gasteiger partial charge in [-0.25, -0.2) is 0 Å². The molecule has 3 nitrogen and oxygen atoms in total. The summed E-state index contributed by atoms with van der Waals surface area (Å²) in [4.78, 5) is 11.8. The number of fused-ring (bicyclic) bond motifs is 5. The number of carbonyl (C=O) groups excluding carboxylic acids is 1. The molecule has 0 aromatic heterocycles. The SMILES string of the molecule is CC(=O)OC[C@]12CC[C@@H](N)CC1=CC[C@@H]1[C@@H]2CC[C@]2(C)[C@@H]([C@H](C)CCCC(C)C)CC[C@@H]12. The van der Waals surface area contributed by atoms with Crippen molar-refractivity contribution >= 4 is 5.97 Å². The maximum Gasteiger partial charge on any atom is 0.302 e. The molecule has 4 aliphatic carbocycles. The molecule has 4 rings (SSSR count). The average molecular weight is 444 g/mol. The zero-order chi connectivity index (χ0) is 23.1. The summed E-state index contributed by atoms with van der Waals surface area (Å²) in [6, 6.07) is 0.277. The third kappa shape index (κ3) is 4.32. The van der Waals surface area contributed by atoms with Gasteiger partial charge in [0.05, 0.1) is 0 Å². The first kappa shape index (κ1) is 24.3. The van der Waals surface area contributed by atoms with E-state index in [9.17, 15) is 4.79 Å². The summed E-state index contributed by atoms with van der Waals surface area (Å²) in [7, 11) is 0. The summed E-state index contributed by atoms with van der Waals surface area (Å²) < 4.78 is 5.76. The molecule has 0 unspecified atom stereocenters. The molecule has 3 saturated carbocycles. The highest BCUT2D eigenvalue weighted by Gasteiger charge is 2.60. The van der Waals surface area contributed by atoms with Gasteiger partial charge in [0.1, 0.15) is 6.61 Å². The Morgan fingerprint density at radius 3 is 2.62 bits per heavy atom. The molecule has 32 heavy (non-hydrogen) atoms. The van der Waals surface area contributed by atoms with Gasteiger partial charge in [-0.15, -0.1) is 0 Å². The third-order valence-electron chi connectivity index (χ3n) is 10.6. The molecular weight excluding hydrogens is 394 g/mol. The van der Waals surface area contributed by atoms with Crippen LogP contribution in [0.1, 0.15) is 105 Å². The molecular formula is C29H49NO2. The Bertz CT molecular complexity index is 714. The van der Waals surface area contributed by atoms with E-state index in [1.807, 2.05) is 0 Å². The van der Waals surface area contributed by atoms with Gasteiger partial charge in [0.2, 0.25) is 0 Å². The van der Waals surface area contributed by atoms with Gasteiger partial charge in [-0.1, -0.05) is 58.6 Å². The second-order valence-electron chi connectivity index (χ2n) is 12.8. The van der Waals surface area contributed by atoms with Crippen LogP contribution in [0.5, 0.6) is 0 Å². The van der Waals surface area contributed by atoms with E-state index in [0.29, 0.717) is 17.9 Å². The molecule has 0 heterocycles. The van der Waals surface area contributed by atoms with Crippen LogP contribution >= 0.6 is 0 Å². The van der Waals surface area contributed by atoms with E-state index in [4.69, 9.17) is 10.5 Å². The van der Waals surface area contributed by atoms with Crippen LogP contribution in [0.3, 0.4) is 0 Å². The van der Waals surface area contributed by atoms with Gasteiger partial charge < -0.3 is 10.5 Å². The van der Waals surface area contributed by atoms with E-state index in [1.54, 1.807) is 6.92 Å². The fourth-order valence-electron chi connectivity index (χ4n) is 9.01. The summed E-state index contributed by atoms with van der Waals surface area (Å²) in [6.07, 6.45) is 16.6. The van der Waals surface area contributed by atoms with Gasteiger partial charge in [-0.3, -0.25) is 4.79 Å². The average Bonchev–Trinajstić information content (AvgIpc) is 3.09. The monoisotopic (exact) mass is 443 g/mol. The van der Waals surface area contributed by atoms with E-state index in [0.717, 1.165) is 48.9 Å². The van der Waals surface area contributed by atoms with Crippen molar-refractivity contribution in [3.8, 4) is 0 Å². The van der Waals surface area contributed by atoms with Crippen LogP contribution in [0, 0.1) is 46.3 Å². The van der Waals surface area contributed by atoms with Crippen molar-refractivity contribution in [2.24, 2.45) is 52.1 Å². The van der Waals surface area contributed by atoms with Gasteiger partial charge in [0.15, 0.2) is 0 Å². The topological polar surface area (TPSA) is 52.3 Å². The fourth-order valence-corrected chi connectivity index (χ4v) is 9.01. The summed E-state index contributed by atoms with van der Waals surface area (Å²) in [6.45, 7) is 12.1. The van der Waals surface area contributed by atoms with Crippen molar-refractivity contribution in [3.05, 3.63) is 11.6 Å². The molecule has 8 atom stereocenters. The van der Waals surface area contributed by atoms with E-state index in [-0.39, 0.29) is 17.4 Å². The molecule has 0 aromatic rings. The van der Waals surface area contributed by atoms with Gasteiger partial charge >= 0.3 is 5.97 Å². The van der Waals surface area contributed by atoms with E-state index in [2.05, 4.69) is 33.8 Å². The van der Waals surface area contributed by atoms with Crippen LogP contribution in [0.15, 0.2) is 11.6 Å². The minimum atomic E-state index is -0.132. The summed E-state index contributed by atoms with van der Waals surface area (Å²) in [5.41, 5.74) is 8.48. The minimum absolute atomic E-state index is 0.0623. The lowest BCUT2D eigenvalue weighted by Crippen LogP contribution is -2.54. The van der Waals surface area contributed by atoms with Crippen LogP contribution in [-0.2, 0) is 9.53 Å². The zero-order valence-electron chi connectivity index (χ0n) is 21.5. The number of ether oxygens (including phenoxy) is 1. The Morgan fingerprint density at radius 1 is 1.12 bits per heavy atom. The number of allylic oxidation sites excluding steroid dienone is 1. The van der Waals surface area contributed by atoms with Crippen molar-refractivity contribution in [1.82, 2.24) is 0 Å². The highest BCUT2D eigenvalue weighted by Crippen LogP contribution is 2.67. The van der Waals surface area contributed by atoms with E-state index in [1.165, 1.54) is 56.9 Å². The molecule has 0 bridgehead atoms. The molecule has 0 spiro atoms. The second-order valence-corrected chi connectivity index (χ2v) is 12.8. The predicted octanol–water partition coefficient (Wildman–Crippen LogP) is 6.90. The van der Waals surface area contributed by atoms with Gasteiger partial charge in [0.25, 0.3) is 0 Å². The summed E-state index contributed by atoms with van der Waals surface area (Å²) in [5, 5.41) is 0. The minimum Gasteiger partial charge on any atom is -0.465 e. The first-order valence-electron chi connectivity index (χ1n) is 13.8. The molecule has 3 heteroatoms. The van der Waals surface area contributed by atoms with Crippen LogP contribution in [0.25, 0.3) is 0 Å². The largest absolute Gasteiger partial charge is 0.465 e. The quantitative estimate of drug-likeness (QED) is 0.344. The van der Waals surface area contributed by atoms with Gasteiger partial charge in [-0.2, -0.15) is 0 Å². The molecule has 0 saturated heterocycles.